The van der Waals surface area contributed by atoms with Crippen LogP contribution in [-0.4, -0.2) is 129 Å². The number of hydrogen-bond donors (Lipinski definition) is 1. The molecule has 0 saturated carbocycles. The van der Waals surface area contributed by atoms with Gasteiger partial charge in [0.1, 0.15) is 33.6 Å². The Morgan fingerprint density at radius 2 is 1.47 bits per heavy atom. The summed E-state index contributed by atoms with van der Waals surface area (Å²) >= 11 is 0.976. The number of nitrogens with zero attached hydrogens (tertiary/aromatic N) is 4. The summed E-state index contributed by atoms with van der Waals surface area (Å²) in [5, 5.41) is 9.09. The lowest BCUT2D eigenvalue weighted by Gasteiger charge is -2.36. The molecule has 1 N–H and O–H groups in total. The molecule has 302 valence electrons. The van der Waals surface area contributed by atoms with Crippen molar-refractivity contribution in [1.29, 1.82) is 0 Å². The summed E-state index contributed by atoms with van der Waals surface area (Å²) in [7, 11) is -2.87. The summed E-state index contributed by atoms with van der Waals surface area (Å²) in [5.41, 5.74) is 2.05. The molecule has 0 fully saturated rings. The van der Waals surface area contributed by atoms with E-state index in [1.54, 1.807) is 27.0 Å². The second-order valence-electron chi connectivity index (χ2n) is 12.4. The first-order valence-electron chi connectivity index (χ1n) is 18.8. The van der Waals surface area contributed by atoms with Gasteiger partial charge in [0.15, 0.2) is 0 Å². The van der Waals surface area contributed by atoms with Crippen molar-refractivity contribution in [1.82, 2.24) is 0 Å². The van der Waals surface area contributed by atoms with Crippen molar-refractivity contribution in [3.63, 3.8) is 0 Å². The van der Waals surface area contributed by atoms with Crippen LogP contribution in [0.1, 0.15) is 75.2 Å². The quantitative estimate of drug-likeness (QED) is 0.0291. The number of azo groups is 1. The number of methoxy groups -OCH3 is 1. The van der Waals surface area contributed by atoms with Gasteiger partial charge in [-0.25, -0.2) is 4.79 Å². The van der Waals surface area contributed by atoms with E-state index < -0.39 is 21.8 Å². The SMILES string of the molecule is CCCC[N+](CC)(CC)CCOCCOCCOCCOCCN(CC)c1ccc(/N=N/c2sc(C(=O)OCC)c(CS(=O)(=O)O)c2CC)c(OC)c1. The Bertz CT molecular complexity index is 1480. The lowest BCUT2D eigenvalue weighted by Crippen LogP contribution is -2.50. The zero-order valence-corrected chi connectivity index (χ0v) is 34.5. The van der Waals surface area contributed by atoms with Crippen molar-refractivity contribution in [2.45, 2.75) is 66.6 Å². The first-order chi connectivity index (χ1) is 25.5. The number of rotatable bonds is 30. The van der Waals surface area contributed by atoms with Crippen LogP contribution in [0.2, 0.25) is 0 Å². The van der Waals surface area contributed by atoms with Crippen molar-refractivity contribution in [3.8, 4) is 5.75 Å². The molecule has 0 saturated heterocycles. The molecule has 0 aliphatic carbocycles. The van der Waals surface area contributed by atoms with E-state index in [4.69, 9.17) is 28.4 Å². The molecule has 16 heteroatoms. The van der Waals surface area contributed by atoms with E-state index in [2.05, 4.69) is 42.8 Å². The van der Waals surface area contributed by atoms with E-state index in [9.17, 15) is 17.8 Å². The van der Waals surface area contributed by atoms with E-state index in [-0.39, 0.29) is 17.0 Å². The van der Waals surface area contributed by atoms with Gasteiger partial charge in [-0.3, -0.25) is 4.55 Å². The van der Waals surface area contributed by atoms with Gasteiger partial charge >= 0.3 is 5.97 Å². The van der Waals surface area contributed by atoms with Gasteiger partial charge in [-0.15, -0.1) is 21.6 Å². The maximum absolute atomic E-state index is 12.6. The Labute approximate surface area is 321 Å². The fourth-order valence-corrected chi connectivity index (χ4v) is 7.70. The molecule has 2 rings (SSSR count). The number of benzene rings is 1. The minimum atomic E-state index is -4.41. The zero-order chi connectivity index (χ0) is 39.1. The predicted octanol–water partition coefficient (Wildman–Crippen LogP) is 6.85. The Morgan fingerprint density at radius 3 is 2.00 bits per heavy atom. The second-order valence-corrected chi connectivity index (χ2v) is 14.8. The van der Waals surface area contributed by atoms with Crippen LogP contribution in [0, 0.1) is 0 Å². The van der Waals surface area contributed by atoms with Crippen molar-refractivity contribution in [2.75, 3.05) is 111 Å². The highest BCUT2D eigenvalue weighted by molar-refractivity contribution is 7.85. The van der Waals surface area contributed by atoms with E-state index >= 15 is 0 Å². The van der Waals surface area contributed by atoms with Crippen LogP contribution < -0.4 is 9.64 Å². The average Bonchev–Trinajstić information content (AvgIpc) is 3.49. The van der Waals surface area contributed by atoms with Gasteiger partial charge in [-0.05, 0) is 58.2 Å². The smallest absolute Gasteiger partial charge is 0.348 e. The molecule has 1 aromatic heterocycles. The monoisotopic (exact) mass is 787 g/mol. The molecule has 2 aromatic rings. The molecule has 14 nitrogen and oxygen atoms in total. The van der Waals surface area contributed by atoms with Crippen molar-refractivity contribution < 1.29 is 50.7 Å². The summed E-state index contributed by atoms with van der Waals surface area (Å²) in [6.07, 6.45) is 2.85. The molecular weight excluding hydrogens is 725 g/mol. The van der Waals surface area contributed by atoms with Crippen LogP contribution in [0.3, 0.4) is 0 Å². The van der Waals surface area contributed by atoms with Gasteiger partial charge in [0.05, 0.1) is 86.2 Å². The van der Waals surface area contributed by atoms with E-state index in [1.165, 1.54) is 19.4 Å². The van der Waals surface area contributed by atoms with Crippen molar-refractivity contribution >= 4 is 43.8 Å². The van der Waals surface area contributed by atoms with Gasteiger partial charge in [0.2, 0.25) is 0 Å². The summed E-state index contributed by atoms with van der Waals surface area (Å²) in [6, 6.07) is 5.56. The first-order valence-corrected chi connectivity index (χ1v) is 21.2. The highest BCUT2D eigenvalue weighted by atomic mass is 32.2. The molecule has 0 aliphatic rings. The fraction of sp³-hybridized carbons (Fsp3) is 0.703. The number of anilines is 1. The number of hydrogen-bond acceptors (Lipinski definition) is 13. The molecule has 0 aliphatic heterocycles. The number of ether oxygens (including phenoxy) is 6. The summed E-state index contributed by atoms with van der Waals surface area (Å²) in [5.74, 6) is -0.908. The standard InChI is InChI=1S/C37H62N4O10S2/c1-8-14-18-41(11-4,12-5)19-21-48-23-25-50-27-26-49-24-22-47-20-17-40(10-3)30-15-16-33(34(28-30)46-7)38-39-36-31(9-2)32(29-53(43,44)45)35(52-36)37(42)51-13-6/h15-16,28H,8-14,17-27,29H2,1-7H3/p+1/b39-38+. The highest BCUT2D eigenvalue weighted by Gasteiger charge is 2.26. The summed E-state index contributed by atoms with van der Waals surface area (Å²) < 4.78 is 67.8. The number of unbranched alkanes of at least 4 members (excludes halogenated alkanes) is 1. The number of carbonyl (C=O) groups excluding carboxylic acids is 1. The lowest BCUT2D eigenvalue weighted by molar-refractivity contribution is -0.925. The largest absolute Gasteiger partial charge is 0.494 e. The van der Waals surface area contributed by atoms with Crippen LogP contribution in [-0.2, 0) is 46.0 Å². The topological polar surface area (TPSA) is 155 Å². The van der Waals surface area contributed by atoms with E-state index in [0.717, 1.165) is 54.3 Å². The van der Waals surface area contributed by atoms with Crippen molar-refractivity contribution in [3.05, 3.63) is 34.2 Å². The fourth-order valence-electron chi connectivity index (χ4n) is 5.80. The predicted molar refractivity (Wildman–Crippen MR) is 209 cm³/mol. The van der Waals surface area contributed by atoms with Crippen LogP contribution in [0.5, 0.6) is 5.75 Å². The van der Waals surface area contributed by atoms with Crippen LogP contribution in [0.4, 0.5) is 16.4 Å². The third-order valence-electron chi connectivity index (χ3n) is 9.05. The molecule has 0 amide bonds. The minimum absolute atomic E-state index is 0.0772. The van der Waals surface area contributed by atoms with Gasteiger partial charge in [-0.2, -0.15) is 8.42 Å². The average molecular weight is 788 g/mol. The molecule has 53 heavy (non-hydrogen) atoms. The maximum atomic E-state index is 12.6. The molecule has 0 atom stereocenters. The van der Waals surface area contributed by atoms with Crippen LogP contribution in [0.25, 0.3) is 0 Å². The molecule has 0 radical (unpaired) electrons. The van der Waals surface area contributed by atoms with Crippen LogP contribution >= 0.6 is 11.3 Å². The molecule has 0 spiro atoms. The molecule has 1 heterocycles. The number of esters is 1. The zero-order valence-electron chi connectivity index (χ0n) is 32.9. The third kappa shape index (κ3) is 16.3. The maximum Gasteiger partial charge on any atom is 0.348 e. The minimum Gasteiger partial charge on any atom is -0.494 e. The second kappa shape index (κ2) is 25.4. The van der Waals surface area contributed by atoms with Gasteiger partial charge in [0.25, 0.3) is 10.1 Å². The molecule has 0 unspecified atom stereocenters. The lowest BCUT2D eigenvalue weighted by atomic mass is 10.1. The number of carbonyl (C=O) groups is 1. The van der Waals surface area contributed by atoms with E-state index in [1.807, 2.05) is 12.1 Å². The van der Waals surface area contributed by atoms with E-state index in [0.29, 0.717) is 81.2 Å². The van der Waals surface area contributed by atoms with Gasteiger partial charge < -0.3 is 37.8 Å². The number of quaternary nitrogens is 1. The number of thiophene rings is 1. The Hall–Kier alpha value is -2.70. The normalized spacial score (nSPS) is 12.2. The summed E-state index contributed by atoms with van der Waals surface area (Å²) in [4.78, 5) is 14.8. The Balaban J connectivity index is 1.80. The molecule has 0 bridgehead atoms. The first kappa shape index (κ1) is 46.5. The third-order valence-corrected chi connectivity index (χ3v) is 10.8. The summed E-state index contributed by atoms with van der Waals surface area (Å²) in [6.45, 7) is 22.7. The Morgan fingerprint density at radius 1 is 0.849 bits per heavy atom. The molecular formula is C37H63N4O10S2+. The highest BCUT2D eigenvalue weighted by Crippen LogP contribution is 2.40. The van der Waals surface area contributed by atoms with Gasteiger partial charge in [0, 0.05) is 30.4 Å². The van der Waals surface area contributed by atoms with Gasteiger partial charge in [-0.1, -0.05) is 20.3 Å². The number of likely N-dealkylation sites (N-methyl/N-ethyl adjacent to an activating group) is 2. The molecule has 1 aromatic carbocycles. The van der Waals surface area contributed by atoms with Crippen LogP contribution in [0.15, 0.2) is 28.4 Å². The van der Waals surface area contributed by atoms with Crippen molar-refractivity contribution in [2.24, 2.45) is 10.2 Å². The Kier molecular flexibility index (Phi) is 22.3.